The number of allylic oxidation sites excluding steroid dienone is 1. The Balaban J connectivity index is 0.000000531. The third kappa shape index (κ3) is 2.98. The lowest BCUT2D eigenvalue weighted by Crippen LogP contribution is -2.02. The smallest absolute Gasteiger partial charge is 0.0634 e. The van der Waals surface area contributed by atoms with Crippen LogP contribution in [0.15, 0.2) is 35.4 Å². The summed E-state index contributed by atoms with van der Waals surface area (Å²) in [4.78, 5) is 0. The van der Waals surface area contributed by atoms with E-state index in [0.717, 1.165) is 5.69 Å². The first kappa shape index (κ1) is 12.3. The highest BCUT2D eigenvalue weighted by molar-refractivity contribution is 5.83. The number of para-hydroxylation sites is 1. The van der Waals surface area contributed by atoms with Crippen molar-refractivity contribution < 1.29 is 5.48 Å². The number of nitrogens with zero attached hydrogens (tertiary/aromatic N) is 1. The molecule has 1 aliphatic heterocycles. The molecule has 0 amide bonds. The molecule has 0 aromatic heterocycles. The molecule has 0 saturated heterocycles. The summed E-state index contributed by atoms with van der Waals surface area (Å²) in [7, 11) is 0. The first-order valence-corrected chi connectivity index (χ1v) is 3.85. The van der Waals surface area contributed by atoms with Crippen LogP contribution in [0.4, 0.5) is 5.69 Å². The topological polar surface area (TPSA) is 108 Å². The molecule has 14 heavy (non-hydrogen) atoms. The summed E-state index contributed by atoms with van der Waals surface area (Å²) >= 11 is 0. The number of hydrogen-bond donors (Lipinski definition) is 3. The lowest BCUT2D eigenvalue weighted by atomic mass is 10.2. The fourth-order valence-electron chi connectivity index (χ4n) is 1.04. The molecule has 0 radical (unpaired) electrons. The number of hydrazone groups is 1. The van der Waals surface area contributed by atoms with Gasteiger partial charge in [-0.2, -0.15) is 5.10 Å². The Morgan fingerprint density at radius 1 is 1.14 bits per heavy atom. The van der Waals surface area contributed by atoms with Crippen LogP contribution in [-0.4, -0.2) is 11.7 Å². The number of rotatable bonds is 0. The van der Waals surface area contributed by atoms with E-state index in [1.54, 1.807) is 6.21 Å². The van der Waals surface area contributed by atoms with E-state index in [2.05, 4.69) is 22.2 Å². The summed E-state index contributed by atoms with van der Waals surface area (Å²) in [5, 5.41) is 3.95. The number of hydrazine groups is 1. The van der Waals surface area contributed by atoms with Crippen LogP contribution in [0.5, 0.6) is 0 Å². The summed E-state index contributed by atoms with van der Waals surface area (Å²) in [6.45, 7) is 0. The van der Waals surface area contributed by atoms with E-state index in [1.807, 2.05) is 36.4 Å². The third-order valence-electron chi connectivity index (χ3n) is 1.58. The summed E-state index contributed by atoms with van der Waals surface area (Å²) in [5.74, 6) is 8.00. The van der Waals surface area contributed by atoms with E-state index in [1.165, 1.54) is 5.56 Å². The van der Waals surface area contributed by atoms with E-state index >= 15 is 0 Å². The van der Waals surface area contributed by atoms with Gasteiger partial charge in [0.05, 0.1) is 5.69 Å². The minimum absolute atomic E-state index is 0. The maximum absolute atomic E-state index is 4.00. The van der Waals surface area contributed by atoms with Crippen LogP contribution in [-0.2, 0) is 0 Å². The van der Waals surface area contributed by atoms with E-state index in [9.17, 15) is 0 Å². The maximum atomic E-state index is 4.00. The van der Waals surface area contributed by atoms with Crippen LogP contribution in [0.3, 0.4) is 0 Å². The lowest BCUT2D eigenvalue weighted by molar-refractivity contribution is 0.824. The van der Waals surface area contributed by atoms with Gasteiger partial charge in [0.1, 0.15) is 0 Å². The molecule has 0 bridgehead atoms. The molecule has 5 nitrogen and oxygen atoms in total. The fourth-order valence-corrected chi connectivity index (χ4v) is 1.04. The molecule has 0 aliphatic carbocycles. The van der Waals surface area contributed by atoms with Crippen molar-refractivity contribution in [3.63, 3.8) is 0 Å². The fraction of sp³-hybridized carbons (Fsp3) is 0. The molecule has 1 heterocycles. The Morgan fingerprint density at radius 3 is 2.64 bits per heavy atom. The standard InChI is InChI=1S/C9H8N2.H4N2.H2O/c1-2-6-9-8(4-1)5-3-7-10-11-9;1-2;/h1-7,11H;1-2H2;1H2. The Labute approximate surface area is 82.4 Å². The highest BCUT2D eigenvalue weighted by Gasteiger charge is 1.96. The van der Waals surface area contributed by atoms with Gasteiger partial charge in [-0.1, -0.05) is 24.3 Å². The van der Waals surface area contributed by atoms with Crippen LogP contribution in [0.25, 0.3) is 6.08 Å². The summed E-state index contributed by atoms with van der Waals surface area (Å²) in [6, 6.07) is 8.05. The van der Waals surface area contributed by atoms with Gasteiger partial charge in [0.15, 0.2) is 0 Å². The summed E-state index contributed by atoms with van der Waals surface area (Å²) in [6.07, 6.45) is 5.68. The van der Waals surface area contributed by atoms with Crippen LogP contribution in [0, 0.1) is 0 Å². The van der Waals surface area contributed by atoms with Crippen molar-refractivity contribution in [2.75, 3.05) is 5.43 Å². The molecule has 7 N–H and O–H groups in total. The van der Waals surface area contributed by atoms with Crippen molar-refractivity contribution >= 4 is 18.0 Å². The van der Waals surface area contributed by atoms with Gasteiger partial charge in [-0.3, -0.25) is 17.1 Å². The zero-order valence-electron chi connectivity index (χ0n) is 7.64. The third-order valence-corrected chi connectivity index (χ3v) is 1.58. The monoisotopic (exact) mass is 194 g/mol. The van der Waals surface area contributed by atoms with Crippen LogP contribution in [0.1, 0.15) is 5.56 Å². The zero-order valence-corrected chi connectivity index (χ0v) is 7.64. The Kier molecular flexibility index (Phi) is 5.97. The highest BCUT2D eigenvalue weighted by Crippen LogP contribution is 2.17. The van der Waals surface area contributed by atoms with Gasteiger partial charge in [0.2, 0.25) is 0 Å². The molecule has 0 fully saturated rings. The minimum atomic E-state index is 0. The molecule has 0 saturated carbocycles. The van der Waals surface area contributed by atoms with E-state index in [4.69, 9.17) is 0 Å². The maximum Gasteiger partial charge on any atom is 0.0634 e. The largest absolute Gasteiger partial charge is 0.412 e. The van der Waals surface area contributed by atoms with Crippen molar-refractivity contribution in [3.05, 3.63) is 35.9 Å². The van der Waals surface area contributed by atoms with E-state index in [-0.39, 0.29) is 5.48 Å². The van der Waals surface area contributed by atoms with Crippen LogP contribution < -0.4 is 17.1 Å². The zero-order chi connectivity index (χ0) is 9.52. The second kappa shape index (κ2) is 6.79. The number of fused-ring (bicyclic) bond motifs is 1. The highest BCUT2D eigenvalue weighted by atomic mass is 16.0. The Bertz CT molecular complexity index is 322. The SMILES string of the molecule is C1=Cc2ccccc2NN=C1.NN.O. The van der Waals surface area contributed by atoms with Gasteiger partial charge in [-0.15, -0.1) is 0 Å². The second-order valence-corrected chi connectivity index (χ2v) is 2.34. The van der Waals surface area contributed by atoms with Gasteiger partial charge in [0.25, 0.3) is 0 Å². The Hall–Kier alpha value is -1.69. The predicted molar refractivity (Wildman–Crippen MR) is 59.6 cm³/mol. The van der Waals surface area contributed by atoms with E-state index < -0.39 is 0 Å². The average Bonchev–Trinajstić information content (AvgIpc) is 2.45. The quantitative estimate of drug-likeness (QED) is 0.402. The normalized spacial score (nSPS) is 11.0. The molecule has 2 rings (SSSR count). The number of nitrogens with two attached hydrogens (primary N) is 2. The predicted octanol–water partition coefficient (Wildman–Crippen LogP) is 0.105. The number of anilines is 1. The number of benzene rings is 1. The molecule has 0 atom stereocenters. The second-order valence-electron chi connectivity index (χ2n) is 2.34. The molecule has 1 aliphatic rings. The van der Waals surface area contributed by atoms with Gasteiger partial charge in [-0.25, -0.2) is 0 Å². The molecule has 0 spiro atoms. The lowest BCUT2D eigenvalue weighted by Gasteiger charge is -2.00. The molecule has 1 aromatic rings. The first-order chi connectivity index (χ1) is 6.47. The molecular weight excluding hydrogens is 180 g/mol. The van der Waals surface area contributed by atoms with Crippen molar-refractivity contribution in [1.82, 2.24) is 0 Å². The van der Waals surface area contributed by atoms with Crippen LogP contribution >= 0.6 is 0 Å². The average molecular weight is 194 g/mol. The molecule has 0 unspecified atom stereocenters. The molecule has 76 valence electrons. The van der Waals surface area contributed by atoms with Crippen molar-refractivity contribution in [2.24, 2.45) is 16.8 Å². The van der Waals surface area contributed by atoms with Crippen molar-refractivity contribution in [1.29, 1.82) is 0 Å². The van der Waals surface area contributed by atoms with Gasteiger partial charge in [0, 0.05) is 6.21 Å². The molecule has 1 aromatic carbocycles. The van der Waals surface area contributed by atoms with Gasteiger partial charge >= 0.3 is 0 Å². The van der Waals surface area contributed by atoms with Gasteiger partial charge < -0.3 is 5.48 Å². The Morgan fingerprint density at radius 2 is 1.86 bits per heavy atom. The molecule has 5 heteroatoms. The van der Waals surface area contributed by atoms with Crippen molar-refractivity contribution in [3.8, 4) is 0 Å². The van der Waals surface area contributed by atoms with Crippen molar-refractivity contribution in [2.45, 2.75) is 0 Å². The summed E-state index contributed by atoms with van der Waals surface area (Å²) < 4.78 is 0. The number of hydrogen-bond acceptors (Lipinski definition) is 4. The van der Waals surface area contributed by atoms with Crippen LogP contribution in [0.2, 0.25) is 0 Å². The first-order valence-electron chi connectivity index (χ1n) is 3.85. The summed E-state index contributed by atoms with van der Waals surface area (Å²) in [5.41, 5.74) is 5.16. The number of nitrogens with one attached hydrogen (secondary N) is 1. The van der Waals surface area contributed by atoms with Gasteiger partial charge in [-0.05, 0) is 17.7 Å². The van der Waals surface area contributed by atoms with E-state index in [0.29, 0.717) is 0 Å². The minimum Gasteiger partial charge on any atom is -0.412 e. The molecular formula is C9H14N4O.